The Balaban J connectivity index is 1.87. The standard InChI is InChI=1S/C22H22N2O3S/c1-15-8-4-5-13-20(15)24-28(26,27)19-12-7-11-18(14-19)22(25)23-21-16(2)9-6-10-17(21)3/h4-14,24H,1-3H3,(H,23,25). The monoisotopic (exact) mass is 394 g/mol. The molecule has 6 heteroatoms. The lowest BCUT2D eigenvalue weighted by Crippen LogP contribution is -2.17. The van der Waals surface area contributed by atoms with Gasteiger partial charge in [-0.25, -0.2) is 8.42 Å². The van der Waals surface area contributed by atoms with Crippen LogP contribution in [0.4, 0.5) is 11.4 Å². The second kappa shape index (κ2) is 7.86. The molecule has 0 saturated heterocycles. The number of para-hydroxylation sites is 2. The fourth-order valence-corrected chi connectivity index (χ4v) is 4.07. The summed E-state index contributed by atoms with van der Waals surface area (Å²) in [4.78, 5) is 12.7. The van der Waals surface area contributed by atoms with Gasteiger partial charge in [-0.05, 0) is 61.7 Å². The molecule has 3 aromatic carbocycles. The molecular formula is C22H22N2O3S. The largest absolute Gasteiger partial charge is 0.322 e. The Morgan fingerprint density at radius 2 is 1.39 bits per heavy atom. The van der Waals surface area contributed by atoms with E-state index in [1.165, 1.54) is 12.1 Å². The summed E-state index contributed by atoms with van der Waals surface area (Å²) >= 11 is 0. The average molecular weight is 394 g/mol. The molecule has 0 spiro atoms. The lowest BCUT2D eigenvalue weighted by atomic mass is 10.1. The summed E-state index contributed by atoms with van der Waals surface area (Å²) in [6.45, 7) is 5.65. The Labute approximate surface area is 165 Å². The van der Waals surface area contributed by atoms with Crippen molar-refractivity contribution >= 4 is 27.3 Å². The van der Waals surface area contributed by atoms with Crippen LogP contribution in [0.3, 0.4) is 0 Å². The Morgan fingerprint density at radius 3 is 2.07 bits per heavy atom. The number of aryl methyl sites for hydroxylation is 3. The van der Waals surface area contributed by atoms with Crippen molar-refractivity contribution in [1.82, 2.24) is 0 Å². The van der Waals surface area contributed by atoms with Crippen molar-refractivity contribution in [2.75, 3.05) is 10.0 Å². The Morgan fingerprint density at radius 1 is 0.786 bits per heavy atom. The number of hydrogen-bond donors (Lipinski definition) is 2. The summed E-state index contributed by atoms with van der Waals surface area (Å²) in [5.74, 6) is -0.356. The lowest BCUT2D eigenvalue weighted by molar-refractivity contribution is 0.102. The topological polar surface area (TPSA) is 75.3 Å². The Kier molecular flexibility index (Phi) is 5.51. The maximum atomic E-state index is 12.8. The molecule has 0 saturated carbocycles. The van der Waals surface area contributed by atoms with Crippen LogP contribution in [-0.4, -0.2) is 14.3 Å². The molecule has 3 aromatic rings. The first kappa shape index (κ1) is 19.6. The zero-order chi connectivity index (χ0) is 20.3. The molecule has 28 heavy (non-hydrogen) atoms. The molecule has 0 heterocycles. The number of nitrogens with one attached hydrogen (secondary N) is 2. The van der Waals surface area contributed by atoms with Gasteiger partial charge < -0.3 is 5.32 Å². The van der Waals surface area contributed by atoms with Crippen LogP contribution in [0, 0.1) is 20.8 Å². The van der Waals surface area contributed by atoms with E-state index in [1.807, 2.05) is 51.1 Å². The van der Waals surface area contributed by atoms with Crippen molar-refractivity contribution in [2.45, 2.75) is 25.7 Å². The molecule has 0 aliphatic heterocycles. The first-order chi connectivity index (χ1) is 13.3. The van der Waals surface area contributed by atoms with Crippen LogP contribution in [0.1, 0.15) is 27.0 Å². The van der Waals surface area contributed by atoms with Crippen LogP contribution in [-0.2, 0) is 10.0 Å². The lowest BCUT2D eigenvalue weighted by Gasteiger charge is -2.13. The zero-order valence-corrected chi connectivity index (χ0v) is 16.8. The zero-order valence-electron chi connectivity index (χ0n) is 16.0. The highest BCUT2D eigenvalue weighted by Crippen LogP contribution is 2.22. The molecule has 0 aliphatic rings. The van der Waals surface area contributed by atoms with Gasteiger partial charge in [0.15, 0.2) is 0 Å². The van der Waals surface area contributed by atoms with Crippen molar-refractivity contribution in [3.8, 4) is 0 Å². The minimum atomic E-state index is -3.81. The molecule has 0 bridgehead atoms. The summed E-state index contributed by atoms with van der Waals surface area (Å²) in [5, 5.41) is 2.88. The van der Waals surface area contributed by atoms with Crippen LogP contribution in [0.25, 0.3) is 0 Å². The summed E-state index contributed by atoms with van der Waals surface area (Å²) < 4.78 is 28.1. The average Bonchev–Trinajstić information content (AvgIpc) is 2.66. The number of hydrogen-bond acceptors (Lipinski definition) is 3. The fraction of sp³-hybridized carbons (Fsp3) is 0.136. The highest BCUT2D eigenvalue weighted by atomic mass is 32.2. The Bertz CT molecular complexity index is 1120. The molecule has 1 amide bonds. The Hall–Kier alpha value is -3.12. The van der Waals surface area contributed by atoms with Gasteiger partial charge in [0.2, 0.25) is 0 Å². The van der Waals surface area contributed by atoms with E-state index in [0.717, 1.165) is 22.4 Å². The van der Waals surface area contributed by atoms with Gasteiger partial charge >= 0.3 is 0 Å². The summed E-state index contributed by atoms with van der Waals surface area (Å²) in [5.41, 5.74) is 4.22. The van der Waals surface area contributed by atoms with E-state index in [4.69, 9.17) is 0 Å². The number of carbonyl (C=O) groups is 1. The molecule has 0 aliphatic carbocycles. The fourth-order valence-electron chi connectivity index (χ4n) is 2.89. The summed E-state index contributed by atoms with van der Waals surface area (Å²) in [6.07, 6.45) is 0. The van der Waals surface area contributed by atoms with Gasteiger partial charge in [-0.2, -0.15) is 0 Å². The highest BCUT2D eigenvalue weighted by Gasteiger charge is 2.18. The number of anilines is 2. The second-order valence-electron chi connectivity index (χ2n) is 6.67. The van der Waals surface area contributed by atoms with Crippen molar-refractivity contribution in [2.24, 2.45) is 0 Å². The van der Waals surface area contributed by atoms with Gasteiger partial charge in [0.05, 0.1) is 10.6 Å². The van der Waals surface area contributed by atoms with Gasteiger partial charge in [0.1, 0.15) is 0 Å². The van der Waals surface area contributed by atoms with Crippen LogP contribution in [0.5, 0.6) is 0 Å². The molecule has 0 atom stereocenters. The smallest absolute Gasteiger partial charge is 0.261 e. The first-order valence-electron chi connectivity index (χ1n) is 8.84. The molecule has 0 unspecified atom stereocenters. The van der Waals surface area contributed by atoms with Crippen LogP contribution in [0.2, 0.25) is 0 Å². The predicted molar refractivity (Wildman–Crippen MR) is 112 cm³/mol. The van der Waals surface area contributed by atoms with Crippen LogP contribution < -0.4 is 10.0 Å². The number of benzene rings is 3. The predicted octanol–water partition coefficient (Wildman–Crippen LogP) is 4.66. The molecule has 5 nitrogen and oxygen atoms in total. The van der Waals surface area contributed by atoms with E-state index < -0.39 is 10.0 Å². The number of amides is 1. The minimum absolute atomic E-state index is 0.0323. The molecule has 0 aromatic heterocycles. The molecular weight excluding hydrogens is 372 g/mol. The van der Waals surface area contributed by atoms with Crippen LogP contribution in [0.15, 0.2) is 71.6 Å². The quantitative estimate of drug-likeness (QED) is 0.661. The van der Waals surface area contributed by atoms with E-state index in [9.17, 15) is 13.2 Å². The SMILES string of the molecule is Cc1ccccc1NS(=O)(=O)c1cccc(C(=O)Nc2c(C)cccc2C)c1. The van der Waals surface area contributed by atoms with E-state index in [1.54, 1.807) is 24.3 Å². The van der Waals surface area contributed by atoms with E-state index in [2.05, 4.69) is 10.0 Å². The van der Waals surface area contributed by atoms with Crippen molar-refractivity contribution in [3.63, 3.8) is 0 Å². The third-order valence-electron chi connectivity index (χ3n) is 4.52. The molecule has 144 valence electrons. The molecule has 0 fully saturated rings. The van der Waals surface area contributed by atoms with E-state index in [0.29, 0.717) is 5.69 Å². The molecule has 2 N–H and O–H groups in total. The highest BCUT2D eigenvalue weighted by molar-refractivity contribution is 7.92. The van der Waals surface area contributed by atoms with Gasteiger partial charge in [0.25, 0.3) is 15.9 Å². The van der Waals surface area contributed by atoms with Gasteiger partial charge in [-0.15, -0.1) is 0 Å². The van der Waals surface area contributed by atoms with Crippen LogP contribution >= 0.6 is 0 Å². The number of carbonyl (C=O) groups excluding carboxylic acids is 1. The second-order valence-corrected chi connectivity index (χ2v) is 8.35. The number of rotatable bonds is 5. The molecule has 3 rings (SSSR count). The van der Waals surface area contributed by atoms with E-state index >= 15 is 0 Å². The molecule has 0 radical (unpaired) electrons. The first-order valence-corrected chi connectivity index (χ1v) is 10.3. The summed E-state index contributed by atoms with van der Waals surface area (Å²) in [6, 6.07) is 18.9. The van der Waals surface area contributed by atoms with E-state index in [-0.39, 0.29) is 16.4 Å². The van der Waals surface area contributed by atoms with Crippen molar-refractivity contribution < 1.29 is 13.2 Å². The van der Waals surface area contributed by atoms with Gasteiger partial charge in [-0.1, -0.05) is 42.5 Å². The van der Waals surface area contributed by atoms with Crippen molar-refractivity contribution in [1.29, 1.82) is 0 Å². The van der Waals surface area contributed by atoms with Gasteiger partial charge in [-0.3, -0.25) is 9.52 Å². The maximum Gasteiger partial charge on any atom is 0.261 e. The van der Waals surface area contributed by atoms with Gasteiger partial charge in [0, 0.05) is 11.3 Å². The maximum absolute atomic E-state index is 12.8. The normalized spacial score (nSPS) is 11.1. The minimum Gasteiger partial charge on any atom is -0.322 e. The summed E-state index contributed by atoms with van der Waals surface area (Å²) in [7, 11) is -3.81. The third kappa shape index (κ3) is 4.23. The number of sulfonamides is 1. The van der Waals surface area contributed by atoms with Crippen molar-refractivity contribution in [3.05, 3.63) is 89.0 Å². The third-order valence-corrected chi connectivity index (χ3v) is 5.88.